The first-order chi connectivity index (χ1) is 8.56. The molecule has 0 saturated heterocycles. The Bertz CT molecular complexity index is 584. The molecule has 2 aromatic rings. The van der Waals surface area contributed by atoms with Crippen molar-refractivity contribution >= 4 is 17.5 Å². The van der Waals surface area contributed by atoms with E-state index in [4.69, 9.17) is 0 Å². The van der Waals surface area contributed by atoms with Gasteiger partial charge in [0.2, 0.25) is 0 Å². The number of ketones is 1. The number of carbonyl (C=O) groups excluding carboxylic acids is 1. The van der Waals surface area contributed by atoms with Crippen LogP contribution < -0.4 is 0 Å². The molecule has 0 saturated carbocycles. The molecule has 1 aromatic heterocycles. The normalized spacial score (nSPS) is 10.4. The summed E-state index contributed by atoms with van der Waals surface area (Å²) in [5.74, 6) is -0.599. The van der Waals surface area contributed by atoms with E-state index < -0.39 is 5.82 Å². The standard InChI is InChI=1S/C13H11FN2OS/c1-8-6-15-13(16-7-8)18-12-4-3-10(14)5-11(12)9(2)17/h3-7H,1-2H3. The molecule has 0 unspecified atom stereocenters. The highest BCUT2D eigenvalue weighted by Gasteiger charge is 2.11. The van der Waals surface area contributed by atoms with E-state index in [-0.39, 0.29) is 5.78 Å². The minimum Gasteiger partial charge on any atom is -0.294 e. The van der Waals surface area contributed by atoms with E-state index in [0.29, 0.717) is 15.6 Å². The molecule has 0 aliphatic heterocycles. The van der Waals surface area contributed by atoms with E-state index in [2.05, 4.69) is 9.97 Å². The van der Waals surface area contributed by atoms with Crippen molar-refractivity contribution in [3.8, 4) is 0 Å². The number of halogens is 1. The largest absolute Gasteiger partial charge is 0.294 e. The summed E-state index contributed by atoms with van der Waals surface area (Å²) in [4.78, 5) is 20.4. The molecule has 0 atom stereocenters. The molecule has 3 nitrogen and oxygen atoms in total. The van der Waals surface area contributed by atoms with Gasteiger partial charge in [-0.3, -0.25) is 4.79 Å². The molecule has 1 aromatic carbocycles. The van der Waals surface area contributed by atoms with Gasteiger partial charge in [0.15, 0.2) is 10.9 Å². The van der Waals surface area contributed by atoms with Crippen LogP contribution in [0.5, 0.6) is 0 Å². The summed E-state index contributed by atoms with van der Waals surface area (Å²) in [6.07, 6.45) is 3.40. The third-order valence-electron chi connectivity index (χ3n) is 2.28. The van der Waals surface area contributed by atoms with Gasteiger partial charge in [0.25, 0.3) is 0 Å². The predicted octanol–water partition coefficient (Wildman–Crippen LogP) is 3.28. The second-order valence-corrected chi connectivity index (χ2v) is 4.85. The number of hydrogen-bond acceptors (Lipinski definition) is 4. The van der Waals surface area contributed by atoms with Crippen LogP contribution in [-0.2, 0) is 0 Å². The maximum Gasteiger partial charge on any atom is 0.192 e. The number of Topliss-reactive ketones (excluding diaryl/α,β-unsaturated/α-hetero) is 1. The summed E-state index contributed by atoms with van der Waals surface area (Å²) >= 11 is 1.25. The Morgan fingerprint density at radius 1 is 1.28 bits per heavy atom. The van der Waals surface area contributed by atoms with Crippen LogP contribution in [0.3, 0.4) is 0 Å². The Labute approximate surface area is 108 Å². The van der Waals surface area contributed by atoms with Crippen molar-refractivity contribution in [2.24, 2.45) is 0 Å². The molecular formula is C13H11FN2OS. The monoisotopic (exact) mass is 262 g/mol. The molecule has 0 bridgehead atoms. The van der Waals surface area contributed by atoms with E-state index >= 15 is 0 Å². The molecule has 0 aliphatic carbocycles. The van der Waals surface area contributed by atoms with E-state index in [9.17, 15) is 9.18 Å². The number of aromatic nitrogens is 2. The van der Waals surface area contributed by atoms with Crippen molar-refractivity contribution in [2.75, 3.05) is 0 Å². The molecule has 1 heterocycles. The molecule has 2 rings (SSSR count). The lowest BCUT2D eigenvalue weighted by atomic mass is 10.1. The summed E-state index contributed by atoms with van der Waals surface area (Å²) in [5.41, 5.74) is 1.31. The Morgan fingerprint density at radius 2 is 1.94 bits per heavy atom. The average Bonchev–Trinajstić information content (AvgIpc) is 2.34. The molecule has 0 radical (unpaired) electrons. The van der Waals surface area contributed by atoms with Gasteiger partial charge in [-0.2, -0.15) is 0 Å². The van der Waals surface area contributed by atoms with Gasteiger partial charge in [-0.1, -0.05) is 0 Å². The SMILES string of the molecule is CC(=O)c1cc(F)ccc1Sc1ncc(C)cn1. The van der Waals surface area contributed by atoms with Crippen molar-refractivity contribution in [1.29, 1.82) is 0 Å². The third kappa shape index (κ3) is 2.92. The van der Waals surface area contributed by atoms with E-state index in [0.717, 1.165) is 5.56 Å². The lowest BCUT2D eigenvalue weighted by Gasteiger charge is -2.05. The van der Waals surface area contributed by atoms with Gasteiger partial charge in [-0.15, -0.1) is 0 Å². The maximum atomic E-state index is 13.1. The first-order valence-electron chi connectivity index (χ1n) is 5.33. The highest BCUT2D eigenvalue weighted by molar-refractivity contribution is 7.99. The van der Waals surface area contributed by atoms with Gasteiger partial charge in [0.1, 0.15) is 5.82 Å². The molecule has 0 fully saturated rings. The zero-order valence-corrected chi connectivity index (χ0v) is 10.8. The lowest BCUT2D eigenvalue weighted by Crippen LogP contribution is -1.97. The predicted molar refractivity (Wildman–Crippen MR) is 67.3 cm³/mol. The highest BCUT2D eigenvalue weighted by atomic mass is 32.2. The van der Waals surface area contributed by atoms with Crippen molar-refractivity contribution in [2.45, 2.75) is 23.9 Å². The number of aryl methyl sites for hydroxylation is 1. The van der Waals surface area contributed by atoms with Crippen LogP contribution in [0.25, 0.3) is 0 Å². The zero-order valence-electron chi connectivity index (χ0n) is 9.98. The minimum atomic E-state index is -0.422. The van der Waals surface area contributed by atoms with E-state index in [1.165, 1.54) is 30.8 Å². The average molecular weight is 262 g/mol. The minimum absolute atomic E-state index is 0.177. The summed E-state index contributed by atoms with van der Waals surface area (Å²) < 4.78 is 13.1. The van der Waals surface area contributed by atoms with Crippen molar-refractivity contribution in [1.82, 2.24) is 9.97 Å². The van der Waals surface area contributed by atoms with E-state index in [1.54, 1.807) is 18.5 Å². The summed E-state index contributed by atoms with van der Waals surface area (Å²) in [6.45, 7) is 3.31. The summed E-state index contributed by atoms with van der Waals surface area (Å²) in [5, 5.41) is 0.537. The van der Waals surface area contributed by atoms with E-state index in [1.807, 2.05) is 6.92 Å². The number of benzene rings is 1. The summed E-state index contributed by atoms with van der Waals surface area (Å²) in [6, 6.07) is 4.13. The lowest BCUT2D eigenvalue weighted by molar-refractivity contribution is 0.101. The molecule has 0 aliphatic rings. The van der Waals surface area contributed by atoms with Crippen LogP contribution in [-0.4, -0.2) is 15.8 Å². The Hall–Kier alpha value is -1.75. The fraction of sp³-hybridized carbons (Fsp3) is 0.154. The smallest absolute Gasteiger partial charge is 0.192 e. The third-order valence-corrected chi connectivity index (χ3v) is 3.25. The zero-order chi connectivity index (χ0) is 13.1. The molecule has 0 spiro atoms. The van der Waals surface area contributed by atoms with Crippen LogP contribution in [0, 0.1) is 12.7 Å². The second kappa shape index (κ2) is 5.27. The molecule has 18 heavy (non-hydrogen) atoms. The molecule has 92 valence electrons. The Kier molecular flexibility index (Phi) is 3.72. The topological polar surface area (TPSA) is 42.9 Å². The fourth-order valence-electron chi connectivity index (χ4n) is 1.40. The molecular weight excluding hydrogens is 251 g/mol. The Balaban J connectivity index is 2.34. The number of hydrogen-bond donors (Lipinski definition) is 0. The Morgan fingerprint density at radius 3 is 2.56 bits per heavy atom. The number of nitrogens with zero attached hydrogens (tertiary/aromatic N) is 2. The quantitative estimate of drug-likeness (QED) is 0.629. The molecule has 0 amide bonds. The summed E-state index contributed by atoms with van der Waals surface area (Å²) in [7, 11) is 0. The highest BCUT2D eigenvalue weighted by Crippen LogP contribution is 2.28. The first-order valence-corrected chi connectivity index (χ1v) is 6.15. The van der Waals surface area contributed by atoms with Crippen LogP contribution in [0.4, 0.5) is 4.39 Å². The van der Waals surface area contributed by atoms with Crippen LogP contribution in [0.1, 0.15) is 22.8 Å². The van der Waals surface area contributed by atoms with Crippen molar-refractivity contribution in [3.63, 3.8) is 0 Å². The van der Waals surface area contributed by atoms with Gasteiger partial charge >= 0.3 is 0 Å². The number of carbonyl (C=O) groups is 1. The van der Waals surface area contributed by atoms with Crippen molar-refractivity contribution < 1.29 is 9.18 Å². The van der Waals surface area contributed by atoms with Gasteiger partial charge in [-0.25, -0.2) is 14.4 Å². The second-order valence-electron chi connectivity index (χ2n) is 3.84. The maximum absolute atomic E-state index is 13.1. The van der Waals surface area contributed by atoms with Crippen molar-refractivity contribution in [3.05, 3.63) is 47.5 Å². The van der Waals surface area contributed by atoms with Crippen LogP contribution in [0.15, 0.2) is 40.6 Å². The molecule has 0 N–H and O–H groups in total. The van der Waals surface area contributed by atoms with Crippen LogP contribution in [0.2, 0.25) is 0 Å². The van der Waals surface area contributed by atoms with Gasteiger partial charge < -0.3 is 0 Å². The van der Waals surface area contributed by atoms with Gasteiger partial charge in [0.05, 0.1) is 0 Å². The van der Waals surface area contributed by atoms with Gasteiger partial charge in [-0.05, 0) is 49.4 Å². The van der Waals surface area contributed by atoms with Gasteiger partial charge in [0, 0.05) is 22.9 Å². The fourth-order valence-corrected chi connectivity index (χ4v) is 2.25. The molecule has 5 heteroatoms. The van der Waals surface area contributed by atoms with Crippen LogP contribution >= 0.6 is 11.8 Å². The first kappa shape index (κ1) is 12.7. The number of rotatable bonds is 3.